The highest BCUT2D eigenvalue weighted by Crippen LogP contribution is 2.68. The number of aliphatic hydroxyl groups excluding tert-OH is 1. The first kappa shape index (κ1) is 20.2. The fourth-order valence-electron chi connectivity index (χ4n) is 7.45. The average Bonchev–Trinajstić information content (AvgIpc) is 2.89. The number of allylic oxidation sites excluding steroid dienone is 4. The summed E-state index contributed by atoms with van der Waals surface area (Å²) in [6.45, 7) is 5.34. The first-order valence-corrected chi connectivity index (χ1v) is 10.4. The van der Waals surface area contributed by atoms with Gasteiger partial charge in [-0.25, -0.2) is 0 Å². The Morgan fingerprint density at radius 3 is 2.72 bits per heavy atom. The topological polar surface area (TPSA) is 97.7 Å². The molecule has 4 aliphatic rings. The van der Waals surface area contributed by atoms with E-state index < -0.39 is 28.8 Å². The molecular weight excluding hydrogens is 372 g/mol. The van der Waals surface area contributed by atoms with Crippen LogP contribution in [0.15, 0.2) is 23.8 Å². The number of hydrogen-bond acceptors (Lipinski definition) is 6. The molecule has 4 rings (SSSR count). The predicted octanol–water partition coefficient (Wildman–Crippen LogP) is 2.19. The number of carbonyl (C=O) groups excluding carboxylic acids is 4. The van der Waals surface area contributed by atoms with Gasteiger partial charge in [0, 0.05) is 29.1 Å². The van der Waals surface area contributed by atoms with Gasteiger partial charge in [0.15, 0.2) is 11.4 Å². The van der Waals surface area contributed by atoms with Crippen LogP contribution in [0.1, 0.15) is 46.5 Å². The van der Waals surface area contributed by atoms with Crippen molar-refractivity contribution >= 4 is 23.8 Å². The van der Waals surface area contributed by atoms with Crippen LogP contribution in [0.25, 0.3) is 0 Å². The van der Waals surface area contributed by atoms with Gasteiger partial charge in [-0.1, -0.05) is 32.4 Å². The van der Waals surface area contributed by atoms with Crippen molar-refractivity contribution in [3.63, 3.8) is 0 Å². The zero-order chi connectivity index (χ0) is 21.2. The molecule has 0 aromatic rings. The highest BCUT2D eigenvalue weighted by Gasteiger charge is 2.72. The van der Waals surface area contributed by atoms with Crippen molar-refractivity contribution in [3.8, 4) is 0 Å². The summed E-state index contributed by atoms with van der Waals surface area (Å²) in [5.74, 6) is -1.02. The Morgan fingerprint density at radius 1 is 1.34 bits per heavy atom. The summed E-state index contributed by atoms with van der Waals surface area (Å²) >= 11 is 0. The van der Waals surface area contributed by atoms with Crippen LogP contribution in [0.3, 0.4) is 0 Å². The molecule has 156 valence electrons. The molecule has 0 aromatic carbocycles. The van der Waals surface area contributed by atoms with Crippen molar-refractivity contribution in [3.05, 3.63) is 23.8 Å². The number of rotatable bonds is 4. The molecule has 0 unspecified atom stereocenters. The van der Waals surface area contributed by atoms with Gasteiger partial charge in [-0.2, -0.15) is 0 Å². The van der Waals surface area contributed by atoms with E-state index in [0.717, 1.165) is 18.4 Å². The molecule has 0 bridgehead atoms. The van der Waals surface area contributed by atoms with Crippen LogP contribution in [0, 0.1) is 34.5 Å². The molecule has 0 heterocycles. The van der Waals surface area contributed by atoms with E-state index in [1.165, 1.54) is 0 Å². The lowest BCUT2D eigenvalue weighted by Gasteiger charge is -2.57. The quantitative estimate of drug-likeness (QED) is 0.727. The summed E-state index contributed by atoms with van der Waals surface area (Å²) in [5, 5.41) is 9.65. The van der Waals surface area contributed by atoms with Gasteiger partial charge in [0.05, 0.1) is 0 Å². The second-order valence-corrected chi connectivity index (χ2v) is 9.70. The molecule has 0 amide bonds. The molecule has 4 aliphatic carbocycles. The van der Waals surface area contributed by atoms with Crippen LogP contribution in [-0.4, -0.2) is 41.1 Å². The summed E-state index contributed by atoms with van der Waals surface area (Å²) in [4.78, 5) is 49.7. The summed E-state index contributed by atoms with van der Waals surface area (Å²) in [6, 6.07) is 0. The van der Waals surface area contributed by atoms with E-state index in [1.807, 2.05) is 26.8 Å². The lowest BCUT2D eigenvalue weighted by molar-refractivity contribution is -0.187. The Balaban J connectivity index is 1.81. The van der Waals surface area contributed by atoms with Crippen LogP contribution in [0.5, 0.6) is 0 Å². The van der Waals surface area contributed by atoms with E-state index in [4.69, 9.17) is 4.74 Å². The minimum atomic E-state index is -1.48. The van der Waals surface area contributed by atoms with Gasteiger partial charge in [-0.3, -0.25) is 19.2 Å². The molecule has 3 saturated carbocycles. The second kappa shape index (κ2) is 6.46. The van der Waals surface area contributed by atoms with Gasteiger partial charge in [-0.05, 0) is 43.3 Å². The maximum absolute atomic E-state index is 13.6. The zero-order valence-electron chi connectivity index (χ0n) is 17.1. The van der Waals surface area contributed by atoms with Gasteiger partial charge in [0.1, 0.15) is 12.4 Å². The fourth-order valence-corrected chi connectivity index (χ4v) is 7.45. The maximum Gasteiger partial charge on any atom is 0.294 e. The van der Waals surface area contributed by atoms with E-state index in [-0.39, 0.29) is 48.1 Å². The Kier molecular flexibility index (Phi) is 4.50. The number of ketones is 3. The number of aliphatic hydroxyl groups is 1. The third-order valence-electron chi connectivity index (χ3n) is 8.59. The van der Waals surface area contributed by atoms with E-state index >= 15 is 0 Å². The average molecular weight is 400 g/mol. The smallest absolute Gasteiger partial charge is 0.294 e. The molecule has 3 fully saturated rings. The summed E-state index contributed by atoms with van der Waals surface area (Å²) in [6.07, 6.45) is 7.38. The number of Topliss-reactive ketones (excluding diaryl/α,β-unsaturated/α-hetero) is 2. The molecule has 6 heteroatoms. The molecule has 0 spiro atoms. The summed E-state index contributed by atoms with van der Waals surface area (Å²) in [7, 11) is 0. The monoisotopic (exact) mass is 400 g/mol. The van der Waals surface area contributed by atoms with Crippen LogP contribution in [0.2, 0.25) is 0 Å². The van der Waals surface area contributed by atoms with E-state index in [0.29, 0.717) is 6.42 Å². The van der Waals surface area contributed by atoms with Crippen LogP contribution in [0.4, 0.5) is 0 Å². The standard InChI is InChI=1S/C23H28O6/c1-13-8-17-16-5-4-14-9-15(26)6-7-21(14,2)20(16)18(27)10-22(17,3)23(13,29-12-25)19(28)11-24/h6-7,9,12-13,16-17,20,24H,4-5,8,10-11H2,1-3H3/t13-,16-,17-,20+,21-,22-,23-/m0/s1. The minimum Gasteiger partial charge on any atom is -0.452 e. The largest absolute Gasteiger partial charge is 0.452 e. The van der Waals surface area contributed by atoms with Crippen molar-refractivity contribution in [2.24, 2.45) is 34.5 Å². The normalized spacial score (nSPS) is 45.7. The van der Waals surface area contributed by atoms with Gasteiger partial charge in [-0.15, -0.1) is 0 Å². The molecule has 6 nitrogen and oxygen atoms in total. The highest BCUT2D eigenvalue weighted by atomic mass is 16.5. The first-order valence-electron chi connectivity index (χ1n) is 10.4. The Labute approximate surface area is 170 Å². The van der Waals surface area contributed by atoms with Gasteiger partial charge in [0.2, 0.25) is 5.78 Å². The molecule has 7 atom stereocenters. The third-order valence-corrected chi connectivity index (χ3v) is 8.59. The summed E-state index contributed by atoms with van der Waals surface area (Å²) < 4.78 is 5.49. The molecule has 29 heavy (non-hydrogen) atoms. The molecular formula is C23H28O6. The fraction of sp³-hybridized carbons (Fsp3) is 0.652. The van der Waals surface area contributed by atoms with Gasteiger partial charge in [0.25, 0.3) is 6.47 Å². The minimum absolute atomic E-state index is 0.0139. The van der Waals surface area contributed by atoms with Crippen LogP contribution >= 0.6 is 0 Å². The van der Waals surface area contributed by atoms with E-state index in [9.17, 15) is 24.3 Å². The molecule has 0 saturated heterocycles. The SMILES string of the molecule is C[C@H]1C[C@H]2[C@@H]3CCC4=CC(=O)C=C[C@]4(C)[C@H]3C(=O)C[C@]2(C)[C@@]1(OC=O)C(=O)CO. The molecule has 0 aliphatic heterocycles. The van der Waals surface area contributed by atoms with Crippen LogP contribution in [-0.2, 0) is 23.9 Å². The van der Waals surface area contributed by atoms with Crippen molar-refractivity contribution in [2.75, 3.05) is 6.61 Å². The Hall–Kier alpha value is -2.08. The first-order chi connectivity index (χ1) is 13.7. The molecule has 1 N–H and O–H groups in total. The van der Waals surface area contributed by atoms with Crippen molar-refractivity contribution in [1.82, 2.24) is 0 Å². The maximum atomic E-state index is 13.6. The van der Waals surface area contributed by atoms with Gasteiger partial charge < -0.3 is 9.84 Å². The zero-order valence-corrected chi connectivity index (χ0v) is 17.1. The molecule has 0 aromatic heterocycles. The van der Waals surface area contributed by atoms with Crippen molar-refractivity contribution in [2.45, 2.75) is 52.1 Å². The van der Waals surface area contributed by atoms with E-state index in [2.05, 4.69) is 0 Å². The van der Waals surface area contributed by atoms with Crippen molar-refractivity contribution < 1.29 is 29.0 Å². The Morgan fingerprint density at radius 2 is 2.07 bits per heavy atom. The predicted molar refractivity (Wildman–Crippen MR) is 104 cm³/mol. The van der Waals surface area contributed by atoms with E-state index in [1.54, 1.807) is 12.2 Å². The number of fused-ring (bicyclic) bond motifs is 5. The second-order valence-electron chi connectivity index (χ2n) is 9.70. The third kappa shape index (κ3) is 2.38. The lowest BCUT2D eigenvalue weighted by atomic mass is 9.46. The Bertz CT molecular complexity index is 855. The van der Waals surface area contributed by atoms with Crippen molar-refractivity contribution in [1.29, 1.82) is 0 Å². The molecule has 0 radical (unpaired) electrons. The number of ether oxygens (including phenoxy) is 1. The van der Waals surface area contributed by atoms with Crippen LogP contribution < -0.4 is 0 Å². The lowest BCUT2D eigenvalue weighted by Crippen LogP contribution is -2.62. The highest BCUT2D eigenvalue weighted by molar-refractivity contribution is 6.02. The number of carbonyl (C=O) groups is 4. The number of hydrogen-bond donors (Lipinski definition) is 1. The van der Waals surface area contributed by atoms with Gasteiger partial charge >= 0.3 is 0 Å². The summed E-state index contributed by atoms with van der Waals surface area (Å²) in [5.41, 5.74) is -1.81.